The number of rotatable bonds is 5. The van der Waals surface area contributed by atoms with E-state index in [0.717, 1.165) is 11.6 Å². The van der Waals surface area contributed by atoms with E-state index in [-0.39, 0.29) is 6.04 Å². The van der Waals surface area contributed by atoms with Crippen LogP contribution in [-0.4, -0.2) is 23.3 Å². The molecule has 96 valence electrons. The molecule has 1 aromatic carbocycles. The summed E-state index contributed by atoms with van der Waals surface area (Å²) < 4.78 is 7.24. The maximum absolute atomic E-state index is 5.17. The lowest BCUT2D eigenvalue weighted by atomic mass is 10.2. The Morgan fingerprint density at radius 1 is 1.33 bits per heavy atom. The summed E-state index contributed by atoms with van der Waals surface area (Å²) in [5.74, 6) is 0.836. The van der Waals surface area contributed by atoms with Gasteiger partial charge >= 0.3 is 0 Å². The first-order valence-corrected chi connectivity index (χ1v) is 6.06. The molecule has 18 heavy (non-hydrogen) atoms. The maximum Gasteiger partial charge on any atom is 0.207 e. The van der Waals surface area contributed by atoms with Crippen LogP contribution in [0.3, 0.4) is 0 Å². The SMILES string of the molecule is COCC(C)n1ccnc1Nc1ccc(C)cc1. The molecule has 0 radical (unpaired) electrons. The van der Waals surface area contributed by atoms with E-state index < -0.39 is 0 Å². The quantitative estimate of drug-likeness (QED) is 0.879. The van der Waals surface area contributed by atoms with Crippen molar-refractivity contribution in [2.24, 2.45) is 0 Å². The molecule has 0 saturated carbocycles. The first kappa shape index (κ1) is 12.6. The molecule has 2 rings (SSSR count). The summed E-state index contributed by atoms with van der Waals surface area (Å²) in [5, 5.41) is 3.32. The molecule has 1 unspecified atom stereocenters. The van der Waals surface area contributed by atoms with Gasteiger partial charge in [0.05, 0.1) is 12.6 Å². The molecule has 0 aliphatic heterocycles. The summed E-state index contributed by atoms with van der Waals surface area (Å²) in [6.45, 7) is 4.84. The second-order valence-corrected chi connectivity index (χ2v) is 4.45. The Hall–Kier alpha value is -1.81. The van der Waals surface area contributed by atoms with E-state index in [1.54, 1.807) is 13.3 Å². The Labute approximate surface area is 108 Å². The number of hydrogen-bond acceptors (Lipinski definition) is 3. The van der Waals surface area contributed by atoms with Crippen LogP contribution in [0.25, 0.3) is 0 Å². The average molecular weight is 245 g/mol. The van der Waals surface area contributed by atoms with Gasteiger partial charge in [0.1, 0.15) is 0 Å². The number of nitrogens with one attached hydrogen (secondary N) is 1. The van der Waals surface area contributed by atoms with Crippen LogP contribution < -0.4 is 5.32 Å². The van der Waals surface area contributed by atoms with Crippen molar-refractivity contribution in [1.82, 2.24) is 9.55 Å². The number of imidazole rings is 1. The molecule has 4 nitrogen and oxygen atoms in total. The summed E-state index contributed by atoms with van der Waals surface area (Å²) in [7, 11) is 1.71. The van der Waals surface area contributed by atoms with Crippen LogP contribution in [0.1, 0.15) is 18.5 Å². The second-order valence-electron chi connectivity index (χ2n) is 4.45. The molecule has 4 heteroatoms. The lowest BCUT2D eigenvalue weighted by Gasteiger charge is -2.16. The van der Waals surface area contributed by atoms with Gasteiger partial charge in [-0.05, 0) is 26.0 Å². The normalized spacial score (nSPS) is 12.4. The highest BCUT2D eigenvalue weighted by Crippen LogP contribution is 2.19. The smallest absolute Gasteiger partial charge is 0.207 e. The van der Waals surface area contributed by atoms with E-state index in [4.69, 9.17) is 4.74 Å². The third kappa shape index (κ3) is 2.90. The lowest BCUT2D eigenvalue weighted by Crippen LogP contribution is -2.12. The number of hydrogen-bond donors (Lipinski definition) is 1. The predicted molar refractivity (Wildman–Crippen MR) is 73.3 cm³/mol. The van der Waals surface area contributed by atoms with Gasteiger partial charge in [-0.3, -0.25) is 0 Å². The molecule has 0 aliphatic carbocycles. The predicted octanol–water partition coefficient (Wildman–Crippen LogP) is 3.14. The maximum atomic E-state index is 5.17. The van der Waals surface area contributed by atoms with Gasteiger partial charge in [0, 0.05) is 25.2 Å². The van der Waals surface area contributed by atoms with Crippen molar-refractivity contribution in [3.8, 4) is 0 Å². The third-order valence-electron chi connectivity index (χ3n) is 2.86. The van der Waals surface area contributed by atoms with Crippen molar-refractivity contribution in [2.45, 2.75) is 19.9 Å². The molecule has 0 amide bonds. The van der Waals surface area contributed by atoms with Crippen LogP contribution in [0.5, 0.6) is 0 Å². The minimum atomic E-state index is 0.255. The zero-order valence-electron chi connectivity index (χ0n) is 11.1. The topological polar surface area (TPSA) is 39.1 Å². The Morgan fingerprint density at radius 3 is 2.72 bits per heavy atom. The highest BCUT2D eigenvalue weighted by Gasteiger charge is 2.09. The van der Waals surface area contributed by atoms with Gasteiger partial charge in [-0.1, -0.05) is 17.7 Å². The molecular weight excluding hydrogens is 226 g/mol. The molecule has 2 aromatic rings. The lowest BCUT2D eigenvalue weighted by molar-refractivity contribution is 0.163. The standard InChI is InChI=1S/C14H19N3O/c1-11-4-6-13(7-5-11)16-14-15-8-9-17(14)12(2)10-18-3/h4-9,12H,10H2,1-3H3,(H,15,16). The number of ether oxygens (including phenoxy) is 1. The van der Waals surface area contributed by atoms with Gasteiger partial charge in [-0.25, -0.2) is 4.98 Å². The van der Waals surface area contributed by atoms with Crippen molar-refractivity contribution in [1.29, 1.82) is 0 Å². The van der Waals surface area contributed by atoms with Crippen molar-refractivity contribution in [3.05, 3.63) is 42.2 Å². The van der Waals surface area contributed by atoms with E-state index in [9.17, 15) is 0 Å². The summed E-state index contributed by atoms with van der Waals surface area (Å²) in [5.41, 5.74) is 2.29. The largest absolute Gasteiger partial charge is 0.383 e. The molecule has 1 aromatic heterocycles. The van der Waals surface area contributed by atoms with Crippen LogP contribution in [-0.2, 0) is 4.74 Å². The molecule has 0 fully saturated rings. The average Bonchev–Trinajstić information content (AvgIpc) is 2.81. The summed E-state index contributed by atoms with van der Waals surface area (Å²) in [4.78, 5) is 4.33. The van der Waals surface area contributed by atoms with Gasteiger partial charge in [0.15, 0.2) is 0 Å². The fourth-order valence-electron chi connectivity index (χ4n) is 1.85. The summed E-state index contributed by atoms with van der Waals surface area (Å²) in [6.07, 6.45) is 3.75. The van der Waals surface area contributed by atoms with Gasteiger partial charge < -0.3 is 14.6 Å². The first-order chi connectivity index (χ1) is 8.70. The minimum absolute atomic E-state index is 0.255. The molecular formula is C14H19N3O. The first-order valence-electron chi connectivity index (χ1n) is 6.06. The van der Waals surface area contributed by atoms with Crippen LogP contribution in [0.15, 0.2) is 36.7 Å². The third-order valence-corrected chi connectivity index (χ3v) is 2.86. The van der Waals surface area contributed by atoms with E-state index >= 15 is 0 Å². The molecule has 1 N–H and O–H groups in total. The molecule has 0 bridgehead atoms. The number of benzene rings is 1. The van der Waals surface area contributed by atoms with Crippen LogP contribution >= 0.6 is 0 Å². The molecule has 0 spiro atoms. The van der Waals surface area contributed by atoms with E-state index in [0.29, 0.717) is 6.61 Å². The van der Waals surface area contributed by atoms with Crippen LogP contribution in [0, 0.1) is 6.92 Å². The van der Waals surface area contributed by atoms with Crippen LogP contribution in [0.4, 0.5) is 11.6 Å². The van der Waals surface area contributed by atoms with Crippen molar-refractivity contribution >= 4 is 11.6 Å². The Bertz CT molecular complexity index is 490. The van der Waals surface area contributed by atoms with Gasteiger partial charge in [-0.2, -0.15) is 0 Å². The second kappa shape index (κ2) is 5.69. The van der Waals surface area contributed by atoms with Gasteiger partial charge in [0.25, 0.3) is 0 Å². The Kier molecular flexibility index (Phi) is 3.99. The molecule has 0 aliphatic rings. The van der Waals surface area contributed by atoms with E-state index in [1.807, 2.05) is 6.20 Å². The number of methoxy groups -OCH3 is 1. The van der Waals surface area contributed by atoms with Gasteiger partial charge in [0.2, 0.25) is 5.95 Å². The highest BCUT2D eigenvalue weighted by molar-refractivity contribution is 5.54. The summed E-state index contributed by atoms with van der Waals surface area (Å²) in [6, 6.07) is 8.51. The molecule has 1 atom stereocenters. The minimum Gasteiger partial charge on any atom is -0.383 e. The van der Waals surface area contributed by atoms with Crippen molar-refractivity contribution in [3.63, 3.8) is 0 Å². The van der Waals surface area contributed by atoms with Crippen molar-refractivity contribution < 1.29 is 4.74 Å². The number of nitrogens with zero attached hydrogens (tertiary/aromatic N) is 2. The van der Waals surface area contributed by atoms with Crippen LogP contribution in [0.2, 0.25) is 0 Å². The number of anilines is 2. The zero-order chi connectivity index (χ0) is 13.0. The summed E-state index contributed by atoms with van der Waals surface area (Å²) >= 11 is 0. The highest BCUT2D eigenvalue weighted by atomic mass is 16.5. The van der Waals surface area contributed by atoms with Crippen molar-refractivity contribution in [2.75, 3.05) is 19.0 Å². The zero-order valence-corrected chi connectivity index (χ0v) is 11.1. The fourth-order valence-corrected chi connectivity index (χ4v) is 1.85. The Balaban J connectivity index is 2.14. The fraction of sp³-hybridized carbons (Fsp3) is 0.357. The number of aromatic nitrogens is 2. The van der Waals surface area contributed by atoms with E-state index in [1.165, 1.54) is 5.56 Å². The monoisotopic (exact) mass is 245 g/mol. The molecule has 1 heterocycles. The van der Waals surface area contributed by atoms with Gasteiger partial charge in [-0.15, -0.1) is 0 Å². The molecule has 0 saturated heterocycles. The Morgan fingerprint density at radius 2 is 2.06 bits per heavy atom. The number of aryl methyl sites for hydroxylation is 1. The van der Waals surface area contributed by atoms with E-state index in [2.05, 4.69) is 53.0 Å².